The maximum Gasteiger partial charge on any atom is 0.410 e. The predicted octanol–water partition coefficient (Wildman–Crippen LogP) is 5.99. The topological polar surface area (TPSA) is 49.9 Å². The lowest BCUT2D eigenvalue weighted by molar-refractivity contribution is -0.136. The van der Waals surface area contributed by atoms with Gasteiger partial charge in [-0.15, -0.1) is 0 Å². The van der Waals surface area contributed by atoms with Crippen LogP contribution in [0.4, 0.5) is 4.79 Å². The first-order chi connectivity index (χ1) is 16.8. The number of carbonyl (C=O) groups excluding carboxylic acids is 2. The third-order valence-corrected chi connectivity index (χ3v) is 7.10. The Labute approximate surface area is 208 Å². The number of hydrogen-bond donors (Lipinski definition) is 0. The molecule has 0 N–H and O–H groups in total. The van der Waals surface area contributed by atoms with Crippen LogP contribution in [0.1, 0.15) is 68.7 Å². The van der Waals surface area contributed by atoms with Crippen molar-refractivity contribution in [2.24, 2.45) is 0 Å². The lowest BCUT2D eigenvalue weighted by Gasteiger charge is -2.35. The average molecular weight is 471 g/mol. The molecule has 5 rings (SSSR count). The van der Waals surface area contributed by atoms with Crippen molar-refractivity contribution in [3.63, 3.8) is 0 Å². The van der Waals surface area contributed by atoms with Crippen LogP contribution in [0.3, 0.4) is 0 Å². The molecule has 3 aliphatic rings. The van der Waals surface area contributed by atoms with Crippen LogP contribution in [0, 0.1) is 0 Å². The van der Waals surface area contributed by atoms with Gasteiger partial charge in [-0.3, -0.25) is 9.69 Å². The molecule has 2 amide bonds. The van der Waals surface area contributed by atoms with E-state index in [2.05, 4.69) is 60.7 Å². The van der Waals surface area contributed by atoms with E-state index in [-0.39, 0.29) is 12.0 Å². The van der Waals surface area contributed by atoms with Crippen molar-refractivity contribution >= 4 is 29.7 Å². The molecule has 1 aliphatic carbocycles. The Hall–Kier alpha value is -3.34. The van der Waals surface area contributed by atoms with Crippen molar-refractivity contribution in [3.8, 4) is 0 Å². The first-order valence-electron chi connectivity index (χ1n) is 12.7. The first-order valence-corrected chi connectivity index (χ1v) is 12.7. The molecular formula is C30H34N2O3. The summed E-state index contributed by atoms with van der Waals surface area (Å²) >= 11 is 0. The second-order valence-electron chi connectivity index (χ2n) is 10.6. The van der Waals surface area contributed by atoms with Gasteiger partial charge in [-0.25, -0.2) is 4.79 Å². The van der Waals surface area contributed by atoms with Crippen molar-refractivity contribution in [1.82, 2.24) is 9.80 Å². The number of ether oxygens (including phenoxy) is 1. The molecule has 2 fully saturated rings. The molecule has 0 bridgehead atoms. The Morgan fingerprint density at radius 3 is 2.00 bits per heavy atom. The molecule has 2 saturated heterocycles. The molecule has 1 atom stereocenters. The summed E-state index contributed by atoms with van der Waals surface area (Å²) in [4.78, 5) is 29.7. The maximum absolute atomic E-state index is 13.5. The van der Waals surface area contributed by atoms with Crippen LogP contribution in [-0.2, 0) is 9.53 Å². The molecule has 0 unspecified atom stereocenters. The van der Waals surface area contributed by atoms with E-state index in [9.17, 15) is 9.59 Å². The van der Waals surface area contributed by atoms with E-state index in [1.54, 1.807) is 4.90 Å². The van der Waals surface area contributed by atoms with E-state index in [1.165, 1.54) is 33.4 Å². The van der Waals surface area contributed by atoms with Crippen LogP contribution in [0.2, 0.25) is 0 Å². The Balaban J connectivity index is 1.37. The summed E-state index contributed by atoms with van der Waals surface area (Å²) < 4.78 is 5.57. The molecule has 0 spiro atoms. The molecule has 5 heteroatoms. The highest BCUT2D eigenvalue weighted by atomic mass is 16.6. The van der Waals surface area contributed by atoms with Gasteiger partial charge >= 0.3 is 6.09 Å². The molecule has 0 radical (unpaired) electrons. The Morgan fingerprint density at radius 2 is 1.43 bits per heavy atom. The zero-order chi connectivity index (χ0) is 24.6. The van der Waals surface area contributed by atoms with E-state index in [4.69, 9.17) is 4.74 Å². The van der Waals surface area contributed by atoms with Crippen molar-refractivity contribution in [2.75, 3.05) is 19.6 Å². The highest BCUT2D eigenvalue weighted by Gasteiger charge is 2.39. The molecular weight excluding hydrogens is 436 g/mol. The van der Waals surface area contributed by atoms with E-state index < -0.39 is 11.6 Å². The van der Waals surface area contributed by atoms with Crippen molar-refractivity contribution in [1.29, 1.82) is 0 Å². The molecule has 0 saturated carbocycles. The molecule has 2 aromatic carbocycles. The zero-order valence-corrected chi connectivity index (χ0v) is 20.9. The molecule has 0 aromatic heterocycles. The van der Waals surface area contributed by atoms with Gasteiger partial charge in [0.2, 0.25) is 5.91 Å². The predicted molar refractivity (Wildman–Crippen MR) is 140 cm³/mol. The van der Waals surface area contributed by atoms with Gasteiger partial charge in [0.25, 0.3) is 0 Å². The summed E-state index contributed by atoms with van der Waals surface area (Å²) in [5.74, 6) is 0.0562. The van der Waals surface area contributed by atoms with Gasteiger partial charge < -0.3 is 9.64 Å². The third-order valence-electron chi connectivity index (χ3n) is 7.10. The standard InChI is InChI=1S/C30H34N2O3/c1-30(2,3)35-29(34)32-18-8-13-26(32)28(33)31-19-16-23(17-20-31)27-24-11-6-4-9-21(24)14-15-22-10-5-7-12-25(22)27/h4-7,9-12,14-15,26H,8,13,16-20H2,1-3H3/t26-/m1/s1. The van der Waals surface area contributed by atoms with Gasteiger partial charge in [-0.05, 0) is 74.3 Å². The van der Waals surface area contributed by atoms with Gasteiger partial charge in [0, 0.05) is 19.6 Å². The van der Waals surface area contributed by atoms with Crippen LogP contribution in [-0.4, -0.2) is 53.1 Å². The van der Waals surface area contributed by atoms with Crippen LogP contribution < -0.4 is 0 Å². The minimum atomic E-state index is -0.570. The maximum atomic E-state index is 13.5. The first kappa shape index (κ1) is 23.4. The fourth-order valence-electron chi connectivity index (χ4n) is 5.47. The van der Waals surface area contributed by atoms with E-state index in [0.717, 1.165) is 19.3 Å². The van der Waals surface area contributed by atoms with Gasteiger partial charge in [0.05, 0.1) is 0 Å². The summed E-state index contributed by atoms with van der Waals surface area (Å²) in [6.45, 7) is 7.50. The van der Waals surface area contributed by atoms with Gasteiger partial charge in [-0.2, -0.15) is 0 Å². The third kappa shape index (κ3) is 4.77. The fraction of sp³-hybridized carbons (Fsp3) is 0.400. The average Bonchev–Trinajstić information content (AvgIpc) is 3.27. The molecule has 2 heterocycles. The number of benzene rings is 2. The van der Waals surface area contributed by atoms with E-state index in [1.807, 2.05) is 25.7 Å². The summed E-state index contributed by atoms with van der Waals surface area (Å²) in [6, 6.07) is 16.7. The highest BCUT2D eigenvalue weighted by molar-refractivity contribution is 5.95. The van der Waals surface area contributed by atoms with Crippen molar-refractivity contribution < 1.29 is 14.3 Å². The van der Waals surface area contributed by atoms with Crippen LogP contribution in [0.25, 0.3) is 17.7 Å². The Morgan fingerprint density at radius 1 is 0.857 bits per heavy atom. The number of piperidine rings is 1. The number of carbonyl (C=O) groups is 2. The number of fused-ring (bicyclic) bond motifs is 2. The Bertz CT molecular complexity index is 1140. The quantitative estimate of drug-likeness (QED) is 0.439. The lowest BCUT2D eigenvalue weighted by Crippen LogP contribution is -2.50. The van der Waals surface area contributed by atoms with Crippen LogP contribution in [0.5, 0.6) is 0 Å². The minimum Gasteiger partial charge on any atom is -0.444 e. The molecule has 5 nitrogen and oxygen atoms in total. The van der Waals surface area contributed by atoms with Gasteiger partial charge in [0.1, 0.15) is 11.6 Å². The number of likely N-dealkylation sites (tertiary alicyclic amines) is 2. The number of nitrogens with zero attached hydrogens (tertiary/aromatic N) is 2. The monoisotopic (exact) mass is 470 g/mol. The van der Waals surface area contributed by atoms with E-state index in [0.29, 0.717) is 26.1 Å². The fourth-order valence-corrected chi connectivity index (χ4v) is 5.47. The van der Waals surface area contributed by atoms with Crippen LogP contribution >= 0.6 is 0 Å². The normalized spacial score (nSPS) is 19.8. The minimum absolute atomic E-state index is 0.0562. The van der Waals surface area contributed by atoms with Crippen molar-refractivity contribution in [3.05, 3.63) is 76.4 Å². The number of hydrogen-bond acceptors (Lipinski definition) is 3. The van der Waals surface area contributed by atoms with Gasteiger partial charge in [0.15, 0.2) is 0 Å². The smallest absolute Gasteiger partial charge is 0.410 e. The summed E-state index contributed by atoms with van der Waals surface area (Å²) in [7, 11) is 0. The van der Waals surface area contributed by atoms with E-state index >= 15 is 0 Å². The Kier molecular flexibility index (Phi) is 6.26. The largest absolute Gasteiger partial charge is 0.444 e. The zero-order valence-electron chi connectivity index (χ0n) is 20.9. The summed E-state index contributed by atoms with van der Waals surface area (Å²) in [5.41, 5.74) is 7.11. The lowest BCUT2D eigenvalue weighted by atomic mass is 9.86. The van der Waals surface area contributed by atoms with Crippen molar-refractivity contribution in [2.45, 2.75) is 58.1 Å². The number of rotatable bonds is 1. The summed E-state index contributed by atoms with van der Waals surface area (Å²) in [6.07, 6.45) is 7.23. The second kappa shape index (κ2) is 9.37. The number of amides is 2. The molecule has 35 heavy (non-hydrogen) atoms. The molecule has 2 aliphatic heterocycles. The van der Waals surface area contributed by atoms with Gasteiger partial charge in [-0.1, -0.05) is 66.3 Å². The molecule has 2 aromatic rings. The highest BCUT2D eigenvalue weighted by Crippen LogP contribution is 2.39. The van der Waals surface area contributed by atoms with Crippen LogP contribution in [0.15, 0.2) is 54.1 Å². The molecule has 182 valence electrons. The second-order valence-corrected chi connectivity index (χ2v) is 10.6. The summed E-state index contributed by atoms with van der Waals surface area (Å²) in [5, 5.41) is 0. The SMILES string of the molecule is CC(C)(C)OC(=O)N1CCC[C@@H]1C(=O)N1CCC(=C2c3ccccc3C=Cc3ccccc32)CC1.